The van der Waals surface area contributed by atoms with Crippen LogP contribution in [-0.4, -0.2) is 30.1 Å². The Labute approximate surface area is 106 Å². The van der Waals surface area contributed by atoms with E-state index in [2.05, 4.69) is 10.3 Å². The van der Waals surface area contributed by atoms with Gasteiger partial charge in [-0.05, 0) is 31.0 Å². The van der Waals surface area contributed by atoms with Crippen LogP contribution in [-0.2, 0) is 0 Å². The van der Waals surface area contributed by atoms with Gasteiger partial charge >= 0.3 is 0 Å². The SMILES string of the molecule is NC(N)=NCCCCNC(=O)c1cccc(O)c1. The van der Waals surface area contributed by atoms with Crippen molar-refractivity contribution < 1.29 is 9.90 Å². The van der Waals surface area contributed by atoms with Crippen LogP contribution in [0.5, 0.6) is 5.75 Å². The van der Waals surface area contributed by atoms with Crippen molar-refractivity contribution in [3.05, 3.63) is 29.8 Å². The average molecular weight is 250 g/mol. The first-order chi connectivity index (χ1) is 8.59. The number of phenolic OH excluding ortho intramolecular Hbond substituents is 1. The van der Waals surface area contributed by atoms with Gasteiger partial charge in [-0.25, -0.2) is 0 Å². The van der Waals surface area contributed by atoms with E-state index in [1.54, 1.807) is 12.1 Å². The monoisotopic (exact) mass is 250 g/mol. The summed E-state index contributed by atoms with van der Waals surface area (Å²) in [5, 5.41) is 12.0. The van der Waals surface area contributed by atoms with Crippen molar-refractivity contribution in [2.24, 2.45) is 16.5 Å². The molecule has 0 aliphatic heterocycles. The topological polar surface area (TPSA) is 114 Å². The van der Waals surface area contributed by atoms with Crippen molar-refractivity contribution in [3.63, 3.8) is 0 Å². The molecule has 1 rings (SSSR count). The average Bonchev–Trinajstić information content (AvgIpc) is 2.33. The fourth-order valence-corrected chi connectivity index (χ4v) is 1.40. The summed E-state index contributed by atoms with van der Waals surface area (Å²) in [6, 6.07) is 6.22. The summed E-state index contributed by atoms with van der Waals surface area (Å²) in [6.07, 6.45) is 1.60. The lowest BCUT2D eigenvalue weighted by Gasteiger charge is -2.04. The highest BCUT2D eigenvalue weighted by atomic mass is 16.3. The first kappa shape index (κ1) is 13.8. The number of benzene rings is 1. The van der Waals surface area contributed by atoms with Gasteiger partial charge in [-0.1, -0.05) is 6.07 Å². The van der Waals surface area contributed by atoms with E-state index in [9.17, 15) is 9.90 Å². The Bertz CT molecular complexity index is 428. The maximum absolute atomic E-state index is 11.6. The quantitative estimate of drug-likeness (QED) is 0.327. The number of unbranched alkanes of at least 4 members (excludes halogenated alkanes) is 1. The van der Waals surface area contributed by atoms with Crippen LogP contribution in [0.25, 0.3) is 0 Å². The Kier molecular flexibility index (Phi) is 5.50. The van der Waals surface area contributed by atoms with Crippen LogP contribution in [0.3, 0.4) is 0 Å². The van der Waals surface area contributed by atoms with Gasteiger partial charge in [0, 0.05) is 18.7 Å². The van der Waals surface area contributed by atoms with Gasteiger partial charge in [0.15, 0.2) is 5.96 Å². The molecule has 18 heavy (non-hydrogen) atoms. The molecule has 0 aliphatic rings. The minimum absolute atomic E-state index is 0.0791. The highest BCUT2D eigenvalue weighted by molar-refractivity contribution is 5.94. The minimum Gasteiger partial charge on any atom is -0.508 e. The van der Waals surface area contributed by atoms with E-state index in [0.717, 1.165) is 12.8 Å². The van der Waals surface area contributed by atoms with Crippen molar-refractivity contribution in [2.75, 3.05) is 13.1 Å². The number of nitrogens with one attached hydrogen (secondary N) is 1. The number of carbonyl (C=O) groups excluding carboxylic acids is 1. The zero-order valence-corrected chi connectivity index (χ0v) is 10.1. The molecule has 0 aromatic heterocycles. The number of rotatable bonds is 6. The summed E-state index contributed by atoms with van der Waals surface area (Å²) in [7, 11) is 0. The number of amides is 1. The zero-order chi connectivity index (χ0) is 13.4. The Morgan fingerprint density at radius 2 is 2.11 bits per heavy atom. The molecular weight excluding hydrogens is 232 g/mol. The molecule has 6 nitrogen and oxygen atoms in total. The highest BCUT2D eigenvalue weighted by Gasteiger charge is 2.04. The van der Waals surface area contributed by atoms with Crippen LogP contribution in [0.2, 0.25) is 0 Å². The van der Waals surface area contributed by atoms with E-state index in [1.165, 1.54) is 12.1 Å². The molecule has 0 saturated heterocycles. The predicted molar refractivity (Wildman–Crippen MR) is 70.4 cm³/mol. The smallest absolute Gasteiger partial charge is 0.251 e. The van der Waals surface area contributed by atoms with E-state index >= 15 is 0 Å². The van der Waals surface area contributed by atoms with Crippen LogP contribution in [0.1, 0.15) is 23.2 Å². The summed E-state index contributed by atoms with van der Waals surface area (Å²) in [5.41, 5.74) is 10.8. The molecule has 0 radical (unpaired) electrons. The number of nitrogens with zero attached hydrogens (tertiary/aromatic N) is 1. The Morgan fingerprint density at radius 1 is 1.33 bits per heavy atom. The van der Waals surface area contributed by atoms with Gasteiger partial charge in [0.25, 0.3) is 5.91 Å². The summed E-state index contributed by atoms with van der Waals surface area (Å²) >= 11 is 0. The molecule has 98 valence electrons. The first-order valence-corrected chi connectivity index (χ1v) is 5.72. The molecule has 0 unspecified atom stereocenters. The third-order valence-electron chi connectivity index (χ3n) is 2.27. The van der Waals surface area contributed by atoms with Crippen molar-refractivity contribution in [2.45, 2.75) is 12.8 Å². The molecule has 0 bridgehead atoms. The molecule has 0 atom stereocenters. The standard InChI is InChI=1S/C12H18N4O2/c13-12(14)16-7-2-1-6-15-11(18)9-4-3-5-10(17)8-9/h3-5,8,17H,1-2,6-7H2,(H,15,18)(H4,13,14,16). The number of carbonyl (C=O) groups is 1. The maximum atomic E-state index is 11.6. The normalized spacial score (nSPS) is 9.78. The number of hydrogen-bond acceptors (Lipinski definition) is 3. The number of phenols is 1. The van der Waals surface area contributed by atoms with Crippen molar-refractivity contribution in [1.82, 2.24) is 5.32 Å². The molecular formula is C12H18N4O2. The van der Waals surface area contributed by atoms with E-state index in [4.69, 9.17) is 11.5 Å². The van der Waals surface area contributed by atoms with Gasteiger partial charge in [-0.2, -0.15) is 0 Å². The summed E-state index contributed by atoms with van der Waals surface area (Å²) in [5.74, 6) is -0.0399. The van der Waals surface area contributed by atoms with Crippen LogP contribution in [0.4, 0.5) is 0 Å². The number of nitrogens with two attached hydrogens (primary N) is 2. The molecule has 6 N–H and O–H groups in total. The number of hydrogen-bond donors (Lipinski definition) is 4. The van der Waals surface area contributed by atoms with E-state index in [-0.39, 0.29) is 17.6 Å². The van der Waals surface area contributed by atoms with E-state index in [1.807, 2.05) is 0 Å². The van der Waals surface area contributed by atoms with Crippen LogP contribution in [0, 0.1) is 0 Å². The number of aromatic hydroxyl groups is 1. The predicted octanol–water partition coefficient (Wildman–Crippen LogP) is 0.176. The van der Waals surface area contributed by atoms with Crippen molar-refractivity contribution in [1.29, 1.82) is 0 Å². The van der Waals surface area contributed by atoms with Gasteiger partial charge < -0.3 is 21.9 Å². The molecule has 0 spiro atoms. The third kappa shape index (κ3) is 5.20. The van der Waals surface area contributed by atoms with Crippen LogP contribution < -0.4 is 16.8 Å². The van der Waals surface area contributed by atoms with Gasteiger partial charge in [0.05, 0.1) is 0 Å². The molecule has 0 aliphatic carbocycles. The van der Waals surface area contributed by atoms with Crippen LogP contribution >= 0.6 is 0 Å². The number of guanidine groups is 1. The van der Waals surface area contributed by atoms with Crippen LogP contribution in [0.15, 0.2) is 29.3 Å². The van der Waals surface area contributed by atoms with E-state index in [0.29, 0.717) is 18.7 Å². The Balaban J connectivity index is 2.24. The molecule has 0 fully saturated rings. The van der Waals surface area contributed by atoms with Gasteiger partial charge in [0.1, 0.15) is 5.75 Å². The largest absolute Gasteiger partial charge is 0.508 e. The Hall–Kier alpha value is -2.24. The second-order valence-corrected chi connectivity index (χ2v) is 3.82. The fourth-order valence-electron chi connectivity index (χ4n) is 1.40. The molecule has 6 heteroatoms. The lowest BCUT2D eigenvalue weighted by Crippen LogP contribution is -2.25. The zero-order valence-electron chi connectivity index (χ0n) is 10.1. The third-order valence-corrected chi connectivity index (χ3v) is 2.27. The lowest BCUT2D eigenvalue weighted by atomic mass is 10.2. The second kappa shape index (κ2) is 7.16. The van der Waals surface area contributed by atoms with E-state index < -0.39 is 0 Å². The molecule has 1 aromatic rings. The second-order valence-electron chi connectivity index (χ2n) is 3.82. The van der Waals surface area contributed by atoms with Gasteiger partial charge in [0.2, 0.25) is 0 Å². The molecule has 1 amide bonds. The summed E-state index contributed by atoms with van der Waals surface area (Å²) in [6.45, 7) is 1.11. The molecule has 1 aromatic carbocycles. The summed E-state index contributed by atoms with van der Waals surface area (Å²) < 4.78 is 0. The lowest BCUT2D eigenvalue weighted by molar-refractivity contribution is 0.0952. The molecule has 0 heterocycles. The highest BCUT2D eigenvalue weighted by Crippen LogP contribution is 2.10. The molecule has 0 saturated carbocycles. The summed E-state index contributed by atoms with van der Waals surface area (Å²) in [4.78, 5) is 15.5. The Morgan fingerprint density at radius 3 is 2.78 bits per heavy atom. The number of aliphatic imine (C=N–C) groups is 1. The minimum atomic E-state index is -0.201. The maximum Gasteiger partial charge on any atom is 0.251 e. The first-order valence-electron chi connectivity index (χ1n) is 5.72. The van der Waals surface area contributed by atoms with Crippen molar-refractivity contribution in [3.8, 4) is 5.75 Å². The van der Waals surface area contributed by atoms with Gasteiger partial charge in [-0.3, -0.25) is 9.79 Å². The van der Waals surface area contributed by atoms with Gasteiger partial charge in [-0.15, -0.1) is 0 Å². The fraction of sp³-hybridized carbons (Fsp3) is 0.333. The van der Waals surface area contributed by atoms with Crippen molar-refractivity contribution >= 4 is 11.9 Å².